The molecule has 2 aromatic heterocycles. The van der Waals surface area contributed by atoms with Crippen LogP contribution in [-0.2, 0) is 16.1 Å². The Balaban J connectivity index is 1.55. The molecule has 1 fully saturated rings. The van der Waals surface area contributed by atoms with E-state index in [1.54, 1.807) is 18.8 Å². The molecule has 0 aliphatic heterocycles. The van der Waals surface area contributed by atoms with Gasteiger partial charge in [0.05, 0.1) is 35.6 Å². The number of methoxy groups -OCH3 is 1. The molecule has 2 amide bonds. The number of carbonyl (C=O) groups excluding carboxylic acids is 2. The summed E-state index contributed by atoms with van der Waals surface area (Å²) in [5.74, 6) is -0.247. The average molecular weight is 403 g/mol. The summed E-state index contributed by atoms with van der Waals surface area (Å²) < 4.78 is 5.60. The van der Waals surface area contributed by atoms with Crippen molar-refractivity contribution in [3.8, 4) is 0 Å². The summed E-state index contributed by atoms with van der Waals surface area (Å²) in [4.78, 5) is 34.2. The Bertz CT molecular complexity index is 838. The lowest BCUT2D eigenvalue weighted by Crippen LogP contribution is -2.49. The van der Waals surface area contributed by atoms with Gasteiger partial charge in [-0.15, -0.1) is 11.3 Å². The maximum Gasteiger partial charge on any atom is 0.263 e. The Labute approximate surface area is 168 Å². The van der Waals surface area contributed by atoms with E-state index in [1.807, 2.05) is 26.0 Å². The summed E-state index contributed by atoms with van der Waals surface area (Å²) in [7, 11) is 1.62. The second kappa shape index (κ2) is 9.25. The maximum atomic E-state index is 12.6. The highest BCUT2D eigenvalue weighted by Gasteiger charge is 2.35. The summed E-state index contributed by atoms with van der Waals surface area (Å²) in [6.45, 7) is 4.22. The maximum absolute atomic E-state index is 12.6. The lowest BCUT2D eigenvalue weighted by atomic mass is 9.83. The Morgan fingerprint density at radius 2 is 2.11 bits per heavy atom. The first kappa shape index (κ1) is 20.4. The molecule has 0 radical (unpaired) electrons. The van der Waals surface area contributed by atoms with E-state index >= 15 is 0 Å². The molecule has 2 heterocycles. The van der Waals surface area contributed by atoms with Gasteiger partial charge in [-0.3, -0.25) is 14.6 Å². The van der Waals surface area contributed by atoms with Crippen LogP contribution in [0, 0.1) is 19.8 Å². The van der Waals surface area contributed by atoms with Crippen LogP contribution in [0.4, 0.5) is 0 Å². The summed E-state index contributed by atoms with van der Waals surface area (Å²) in [6, 6.07) is 3.75. The highest BCUT2D eigenvalue weighted by atomic mass is 32.1. The number of aromatic nitrogens is 2. The van der Waals surface area contributed by atoms with Gasteiger partial charge in [0.25, 0.3) is 5.91 Å². The van der Waals surface area contributed by atoms with Gasteiger partial charge < -0.3 is 15.4 Å². The molecular formula is C20H26N4O3S. The number of nitrogens with one attached hydrogen (secondary N) is 2. The molecule has 1 aliphatic carbocycles. The van der Waals surface area contributed by atoms with Crippen molar-refractivity contribution in [1.82, 2.24) is 20.6 Å². The summed E-state index contributed by atoms with van der Waals surface area (Å²) >= 11 is 1.33. The molecule has 1 saturated carbocycles. The second-order valence-corrected chi connectivity index (χ2v) is 7.97. The van der Waals surface area contributed by atoms with Crippen LogP contribution < -0.4 is 10.6 Å². The first-order valence-corrected chi connectivity index (χ1v) is 10.3. The van der Waals surface area contributed by atoms with Gasteiger partial charge in [0.1, 0.15) is 4.88 Å². The van der Waals surface area contributed by atoms with Gasteiger partial charge in [0.15, 0.2) is 0 Å². The second-order valence-electron chi connectivity index (χ2n) is 7.12. The first-order valence-electron chi connectivity index (χ1n) is 9.41. The van der Waals surface area contributed by atoms with Crippen LogP contribution in [0.5, 0.6) is 0 Å². The first-order chi connectivity index (χ1) is 13.5. The van der Waals surface area contributed by atoms with Crippen molar-refractivity contribution in [3.63, 3.8) is 0 Å². The Hall–Kier alpha value is -2.32. The van der Waals surface area contributed by atoms with Gasteiger partial charge in [-0.1, -0.05) is 6.07 Å². The molecule has 8 heteroatoms. The van der Waals surface area contributed by atoms with Crippen LogP contribution >= 0.6 is 11.3 Å². The van der Waals surface area contributed by atoms with Crippen LogP contribution in [0.2, 0.25) is 0 Å². The molecule has 0 spiro atoms. The van der Waals surface area contributed by atoms with Crippen molar-refractivity contribution in [2.75, 3.05) is 7.11 Å². The van der Waals surface area contributed by atoms with Crippen molar-refractivity contribution >= 4 is 23.2 Å². The Kier molecular flexibility index (Phi) is 6.74. The SMILES string of the molecule is CO[C@H]1C[C@@H](C(=O)NCc2ncccc2C)CC[C@@H]1NC(=O)c1scnc1C. The van der Waals surface area contributed by atoms with Gasteiger partial charge >= 0.3 is 0 Å². The zero-order chi connectivity index (χ0) is 20.1. The zero-order valence-corrected chi connectivity index (χ0v) is 17.2. The predicted molar refractivity (Wildman–Crippen MR) is 107 cm³/mol. The van der Waals surface area contributed by atoms with Gasteiger partial charge in [0, 0.05) is 19.2 Å². The third kappa shape index (κ3) is 4.74. The number of ether oxygens (including phenoxy) is 1. The normalized spacial score (nSPS) is 21.9. The Morgan fingerprint density at radius 3 is 2.79 bits per heavy atom. The average Bonchev–Trinajstić information content (AvgIpc) is 3.13. The van der Waals surface area contributed by atoms with E-state index in [2.05, 4.69) is 20.6 Å². The molecule has 0 unspecified atom stereocenters. The van der Waals surface area contributed by atoms with Crippen molar-refractivity contribution in [1.29, 1.82) is 0 Å². The van der Waals surface area contributed by atoms with Gasteiger partial charge in [-0.05, 0) is 44.7 Å². The van der Waals surface area contributed by atoms with Crippen LogP contribution in [0.15, 0.2) is 23.8 Å². The lowest BCUT2D eigenvalue weighted by Gasteiger charge is -2.35. The highest BCUT2D eigenvalue weighted by molar-refractivity contribution is 7.11. The summed E-state index contributed by atoms with van der Waals surface area (Å²) in [5.41, 5.74) is 4.33. The van der Waals surface area contributed by atoms with E-state index in [4.69, 9.17) is 4.74 Å². The predicted octanol–water partition coefficient (Wildman–Crippen LogP) is 2.38. The van der Waals surface area contributed by atoms with Crippen molar-refractivity contribution < 1.29 is 14.3 Å². The molecule has 3 rings (SSSR count). The minimum atomic E-state index is -0.196. The Morgan fingerprint density at radius 1 is 1.29 bits per heavy atom. The van der Waals surface area contributed by atoms with E-state index < -0.39 is 0 Å². The minimum absolute atomic E-state index is 0.00943. The fourth-order valence-electron chi connectivity index (χ4n) is 3.57. The van der Waals surface area contributed by atoms with Gasteiger partial charge in [-0.25, -0.2) is 4.98 Å². The largest absolute Gasteiger partial charge is 0.379 e. The molecule has 2 aromatic rings. The summed E-state index contributed by atoms with van der Waals surface area (Å²) in [6.07, 6.45) is 3.52. The number of aryl methyl sites for hydroxylation is 2. The van der Waals surface area contributed by atoms with Gasteiger partial charge in [0.2, 0.25) is 5.91 Å². The number of hydrogen-bond acceptors (Lipinski definition) is 6. The number of carbonyl (C=O) groups is 2. The van der Waals surface area contributed by atoms with Crippen LogP contribution in [0.25, 0.3) is 0 Å². The van der Waals surface area contributed by atoms with Crippen LogP contribution in [0.3, 0.4) is 0 Å². The van der Waals surface area contributed by atoms with Crippen molar-refractivity contribution in [3.05, 3.63) is 45.7 Å². The molecular weight excluding hydrogens is 376 g/mol. The molecule has 0 saturated heterocycles. The molecule has 0 bridgehead atoms. The number of rotatable bonds is 6. The van der Waals surface area contributed by atoms with E-state index in [0.29, 0.717) is 30.7 Å². The molecule has 7 nitrogen and oxygen atoms in total. The summed E-state index contributed by atoms with van der Waals surface area (Å²) in [5, 5.41) is 6.04. The molecule has 0 aromatic carbocycles. The number of hydrogen-bond donors (Lipinski definition) is 2. The molecule has 1 aliphatic rings. The number of nitrogens with zero attached hydrogens (tertiary/aromatic N) is 2. The van der Waals surface area contributed by atoms with Crippen LogP contribution in [0.1, 0.15) is 45.9 Å². The molecule has 2 N–H and O–H groups in total. The molecule has 3 atom stereocenters. The fraction of sp³-hybridized carbons (Fsp3) is 0.500. The van der Waals surface area contributed by atoms with Crippen LogP contribution in [-0.4, -0.2) is 41.0 Å². The quantitative estimate of drug-likeness (QED) is 0.774. The number of amides is 2. The van der Waals surface area contributed by atoms with Gasteiger partial charge in [-0.2, -0.15) is 0 Å². The standard InChI is InChI=1S/C20H26N4O3S/c1-12-5-4-8-21-16(12)10-22-19(25)14-6-7-15(17(9-14)27-3)24-20(26)18-13(2)23-11-28-18/h4-5,8,11,14-15,17H,6-7,9-10H2,1-3H3,(H,22,25)(H,24,26)/t14-,15-,17-/m0/s1. The highest BCUT2D eigenvalue weighted by Crippen LogP contribution is 2.27. The van der Waals surface area contributed by atoms with E-state index in [0.717, 1.165) is 17.0 Å². The van der Waals surface area contributed by atoms with E-state index in [-0.39, 0.29) is 29.9 Å². The zero-order valence-electron chi connectivity index (χ0n) is 16.4. The lowest BCUT2D eigenvalue weighted by molar-refractivity contribution is -0.128. The minimum Gasteiger partial charge on any atom is -0.379 e. The fourth-order valence-corrected chi connectivity index (χ4v) is 4.27. The van der Waals surface area contributed by atoms with E-state index in [1.165, 1.54) is 11.3 Å². The molecule has 28 heavy (non-hydrogen) atoms. The van der Waals surface area contributed by atoms with Crippen molar-refractivity contribution in [2.45, 2.75) is 51.8 Å². The molecule has 150 valence electrons. The third-order valence-electron chi connectivity index (χ3n) is 5.28. The topological polar surface area (TPSA) is 93.2 Å². The number of pyridine rings is 1. The van der Waals surface area contributed by atoms with Crippen molar-refractivity contribution in [2.24, 2.45) is 5.92 Å². The monoisotopic (exact) mass is 402 g/mol. The number of thiazole rings is 1. The third-order valence-corrected chi connectivity index (χ3v) is 6.21. The smallest absolute Gasteiger partial charge is 0.263 e. The van der Waals surface area contributed by atoms with E-state index in [9.17, 15) is 9.59 Å².